The van der Waals surface area contributed by atoms with Gasteiger partial charge in [-0.15, -0.1) is 0 Å². The molecule has 0 saturated carbocycles. The number of hydrogen-bond donors (Lipinski definition) is 4. The number of likely N-dealkylation sites (tertiary alicyclic amines) is 1. The molecule has 11 heteroatoms. The Kier molecular flexibility index (Phi) is 29.4. The molecule has 0 spiro atoms. The van der Waals surface area contributed by atoms with Gasteiger partial charge in [0.2, 0.25) is 5.91 Å². The number of aliphatic hydroxyl groups is 2. The van der Waals surface area contributed by atoms with Crippen LogP contribution in [0.3, 0.4) is 0 Å². The summed E-state index contributed by atoms with van der Waals surface area (Å²) >= 11 is 0. The minimum absolute atomic E-state index is 0. The van der Waals surface area contributed by atoms with Gasteiger partial charge in [0.25, 0.3) is 0 Å². The van der Waals surface area contributed by atoms with Gasteiger partial charge in [0.1, 0.15) is 12.5 Å². The summed E-state index contributed by atoms with van der Waals surface area (Å²) in [5, 5.41) is 21.9. The fourth-order valence-corrected chi connectivity index (χ4v) is 11.1. The third kappa shape index (κ3) is 19.7. The first kappa shape index (κ1) is 64.4. The number of aliphatic hydroxyl groups excluding tert-OH is 2. The first-order chi connectivity index (χ1) is 37.9. The number of aldehydes is 1. The molecule has 7 aromatic carbocycles. The van der Waals surface area contributed by atoms with E-state index >= 15 is 0 Å². The maximum atomic E-state index is 12.5. The van der Waals surface area contributed by atoms with E-state index in [2.05, 4.69) is 138 Å². The van der Waals surface area contributed by atoms with Crippen LogP contribution in [-0.2, 0) is 14.3 Å². The van der Waals surface area contributed by atoms with Crippen molar-refractivity contribution < 1.29 is 44.8 Å². The van der Waals surface area contributed by atoms with Crippen LogP contribution in [-0.4, -0.2) is 102 Å². The predicted molar refractivity (Wildman–Crippen MR) is 323 cm³/mol. The Bertz CT molecular complexity index is 2690. The molecule has 79 heavy (non-hydrogen) atoms. The van der Waals surface area contributed by atoms with Gasteiger partial charge in [0.05, 0.1) is 37.9 Å². The largest absolute Gasteiger partial charge is 1.00 e. The number of carbonyl (C=O) groups is 2. The van der Waals surface area contributed by atoms with Crippen molar-refractivity contribution in [2.24, 2.45) is 5.73 Å². The standard InChI is InChI=1S/C19H19NO2.C19H23NO.C11H15N.C11H14O.C8H11NO.Al.Li.4H/c21-18-12-11-16(14-7-3-1-4-8-14)19-20(18)17(13-22-19)15-9-5-2-6-10-15;21-15-19(17-10-5-2-6-11-17)20-13-7-12-18(14-20)16-8-3-1-4-9-16;1-2-5-10(6-3-1)11-7-4-8-12-9-11;1-2-6-11(9-12)10-7-4-3-5-8-10;9-8(6-10)7-4-2-1-3-5-7;;;;;;/h1-10,16-17,19H,11-13H2;1-6,8-11,18-19,21H,7,12-15H2;1-3,5-6,11-12H,4,7-9H2;3-5,7-9,11H,2,6H2,1H3;1-5,8,10H,6,9H2;;;;;;/q;;;;;;+1;;;;-1/t16-,17+,19?;18-,19-;11-;;8-;;;;;;/m100.0....../s1. The fraction of sp³-hybridized carbons (Fsp3) is 0.353. The van der Waals surface area contributed by atoms with E-state index in [0.717, 1.165) is 67.8 Å². The van der Waals surface area contributed by atoms with Gasteiger partial charge in [-0.05, 0) is 102 Å². The smallest absolute Gasteiger partial charge is 1.00 e. The first-order valence-electron chi connectivity index (χ1n) is 28.1. The van der Waals surface area contributed by atoms with Crippen LogP contribution in [0.4, 0.5) is 0 Å². The van der Waals surface area contributed by atoms with Crippen molar-refractivity contribution in [1.82, 2.24) is 15.1 Å². The number of nitrogens with one attached hydrogen (secondary N) is 1. The summed E-state index contributed by atoms with van der Waals surface area (Å²) in [6, 6.07) is 72.0. The molecule has 4 saturated heterocycles. The molecule has 4 fully saturated rings. The van der Waals surface area contributed by atoms with Crippen molar-refractivity contribution in [2.45, 2.75) is 106 Å². The van der Waals surface area contributed by atoms with E-state index in [0.29, 0.717) is 18.9 Å². The average Bonchev–Trinajstić information content (AvgIpc) is 4.07. The third-order valence-electron chi connectivity index (χ3n) is 15.3. The molecule has 0 bridgehead atoms. The van der Waals surface area contributed by atoms with Crippen LogP contribution in [0, 0.1) is 0 Å². The Balaban J connectivity index is 0.000000221. The second-order valence-corrected chi connectivity index (χ2v) is 20.5. The van der Waals surface area contributed by atoms with Crippen molar-refractivity contribution in [3.8, 4) is 0 Å². The number of rotatable bonds is 13. The number of fused-ring (bicyclic) bond motifs is 1. The van der Waals surface area contributed by atoms with E-state index in [1.165, 1.54) is 54.5 Å². The van der Waals surface area contributed by atoms with Gasteiger partial charge in [-0.3, -0.25) is 9.69 Å². The van der Waals surface area contributed by atoms with Gasteiger partial charge in [-0.2, -0.15) is 0 Å². The topological polar surface area (TPSA) is 128 Å². The van der Waals surface area contributed by atoms with E-state index < -0.39 is 0 Å². The average molecular weight is 1070 g/mol. The number of ether oxygens (including phenoxy) is 1. The first-order valence-corrected chi connectivity index (χ1v) is 28.1. The Morgan fingerprint density at radius 1 is 0.633 bits per heavy atom. The van der Waals surface area contributed by atoms with Crippen molar-refractivity contribution in [3.63, 3.8) is 0 Å². The van der Waals surface area contributed by atoms with Crippen LogP contribution in [0.1, 0.15) is 140 Å². The van der Waals surface area contributed by atoms with Crippen LogP contribution in [0.2, 0.25) is 0 Å². The molecule has 0 aromatic heterocycles. The van der Waals surface area contributed by atoms with Gasteiger partial charge in [-0.25, -0.2) is 0 Å². The number of nitrogens with zero attached hydrogens (tertiary/aromatic N) is 2. The van der Waals surface area contributed by atoms with Crippen molar-refractivity contribution in [3.05, 3.63) is 251 Å². The molecule has 5 N–H and O–H groups in total. The Hall–Kier alpha value is -5.43. The molecule has 412 valence electrons. The zero-order chi connectivity index (χ0) is 53.9. The Labute approximate surface area is 495 Å². The molecule has 2 unspecified atom stereocenters. The SMILES string of the molecule is CCCC(C=O)c1ccccc1.N[C@@H](CO)c1ccccc1.O=C1CC[C@H](c2ccccc2)C2OC[C@@H](c3ccccc3)N12.OC[C@@H](c1ccccc1)N1CCC[C@H](c2ccccc2)C1.[AlH3].[H-].[Li+].c1ccc([C@H]2CCCNC2)cc1. The molecule has 1 amide bonds. The van der Waals surface area contributed by atoms with E-state index in [1.54, 1.807) is 0 Å². The second kappa shape index (κ2) is 36.0. The van der Waals surface area contributed by atoms with E-state index in [4.69, 9.17) is 15.6 Å². The maximum absolute atomic E-state index is 12.5. The molecule has 8 atom stereocenters. The summed E-state index contributed by atoms with van der Waals surface area (Å²) in [7, 11) is 0. The van der Waals surface area contributed by atoms with E-state index in [9.17, 15) is 14.7 Å². The van der Waals surface area contributed by atoms with Crippen molar-refractivity contribution in [2.75, 3.05) is 46.0 Å². The van der Waals surface area contributed by atoms with Gasteiger partial charge in [0, 0.05) is 31.3 Å². The zero-order valence-electron chi connectivity index (χ0n) is 47.1. The summed E-state index contributed by atoms with van der Waals surface area (Å²) in [5.41, 5.74) is 14.2. The van der Waals surface area contributed by atoms with Gasteiger partial charge >= 0.3 is 18.9 Å². The normalized spacial score (nSPS) is 20.5. The predicted octanol–water partition coefficient (Wildman–Crippen LogP) is 8.62. The molecular weight excluding hydrogens is 987 g/mol. The summed E-state index contributed by atoms with van der Waals surface area (Å²) in [6.45, 7) is 7.33. The van der Waals surface area contributed by atoms with Crippen molar-refractivity contribution in [1.29, 1.82) is 0 Å². The quantitative estimate of drug-likeness (QED) is 0.0669. The van der Waals surface area contributed by atoms with Crippen LogP contribution in [0.15, 0.2) is 212 Å². The molecule has 9 nitrogen and oxygen atoms in total. The second-order valence-electron chi connectivity index (χ2n) is 20.5. The van der Waals surface area contributed by atoms with Crippen LogP contribution in [0.5, 0.6) is 0 Å². The fourth-order valence-electron chi connectivity index (χ4n) is 11.1. The van der Waals surface area contributed by atoms with Crippen LogP contribution < -0.4 is 29.9 Å². The molecule has 4 aliphatic rings. The van der Waals surface area contributed by atoms with Crippen LogP contribution >= 0.6 is 0 Å². The van der Waals surface area contributed by atoms with E-state index in [1.807, 2.05) is 95.9 Å². The number of benzene rings is 7. The Morgan fingerprint density at radius 3 is 1.61 bits per heavy atom. The molecule has 4 heterocycles. The number of carbonyl (C=O) groups excluding carboxylic acids is 2. The summed E-state index contributed by atoms with van der Waals surface area (Å²) in [4.78, 5) is 27.6. The maximum Gasteiger partial charge on any atom is 1.00 e. The molecule has 0 aliphatic carbocycles. The minimum Gasteiger partial charge on any atom is -1.00 e. The van der Waals surface area contributed by atoms with E-state index in [-0.39, 0.29) is 93.0 Å². The summed E-state index contributed by atoms with van der Waals surface area (Å²) < 4.78 is 6.07. The molecule has 4 aliphatic heterocycles. The van der Waals surface area contributed by atoms with Crippen molar-refractivity contribution >= 4 is 29.6 Å². The minimum atomic E-state index is -0.235. The summed E-state index contributed by atoms with van der Waals surface area (Å²) in [5.74, 6) is 1.91. The van der Waals surface area contributed by atoms with Gasteiger partial charge in [0.15, 0.2) is 17.4 Å². The van der Waals surface area contributed by atoms with Gasteiger partial charge < -0.3 is 37.1 Å². The number of amides is 1. The molecule has 11 rings (SSSR count). The number of piperidine rings is 3. The zero-order valence-corrected chi connectivity index (χ0v) is 46.1. The number of hydrogen-bond acceptors (Lipinski definition) is 8. The van der Waals surface area contributed by atoms with Crippen LogP contribution in [0.25, 0.3) is 0 Å². The third-order valence-corrected chi connectivity index (χ3v) is 15.3. The number of nitrogens with two attached hydrogens (primary N) is 1. The molecular formula is C68H86AlLiN4O5. The molecule has 7 aromatic rings. The van der Waals surface area contributed by atoms with Gasteiger partial charge in [-0.1, -0.05) is 226 Å². The molecule has 0 radical (unpaired) electrons. The summed E-state index contributed by atoms with van der Waals surface area (Å²) in [6.07, 6.45) is 9.49. The Morgan fingerprint density at radius 2 is 1.11 bits per heavy atom. The monoisotopic (exact) mass is 1070 g/mol.